The SMILES string of the molecule is CCc1nn(CC)c(CNc2cccc(C)c2C)c1Cl. The molecule has 1 heterocycles. The number of benzene rings is 1. The molecule has 0 aliphatic rings. The Kier molecular flexibility index (Phi) is 4.71. The highest BCUT2D eigenvalue weighted by atomic mass is 35.5. The smallest absolute Gasteiger partial charge is 0.0868 e. The van der Waals surface area contributed by atoms with Crippen LogP contribution in [-0.2, 0) is 19.5 Å². The van der Waals surface area contributed by atoms with Crippen molar-refractivity contribution in [3.05, 3.63) is 45.7 Å². The first-order chi connectivity index (χ1) is 9.58. The van der Waals surface area contributed by atoms with E-state index in [1.54, 1.807) is 0 Å². The van der Waals surface area contributed by atoms with Gasteiger partial charge in [0, 0.05) is 12.2 Å². The summed E-state index contributed by atoms with van der Waals surface area (Å²) in [6, 6.07) is 6.30. The lowest BCUT2D eigenvalue weighted by Crippen LogP contribution is -2.09. The number of aryl methyl sites for hydroxylation is 3. The highest BCUT2D eigenvalue weighted by molar-refractivity contribution is 6.31. The lowest BCUT2D eigenvalue weighted by atomic mass is 10.1. The molecule has 2 rings (SSSR count). The molecule has 0 unspecified atom stereocenters. The molecule has 2 aromatic rings. The number of halogens is 1. The van der Waals surface area contributed by atoms with Gasteiger partial charge in [0.25, 0.3) is 0 Å². The molecule has 20 heavy (non-hydrogen) atoms. The van der Waals surface area contributed by atoms with Crippen molar-refractivity contribution in [1.82, 2.24) is 9.78 Å². The number of nitrogens with one attached hydrogen (secondary N) is 1. The maximum atomic E-state index is 6.42. The van der Waals surface area contributed by atoms with Gasteiger partial charge in [-0.2, -0.15) is 5.10 Å². The number of hydrogen-bond donors (Lipinski definition) is 1. The van der Waals surface area contributed by atoms with Gasteiger partial charge in [0.15, 0.2) is 0 Å². The number of aromatic nitrogens is 2. The molecular weight excluding hydrogens is 270 g/mol. The summed E-state index contributed by atoms with van der Waals surface area (Å²) in [7, 11) is 0. The van der Waals surface area contributed by atoms with Crippen LogP contribution in [0.4, 0.5) is 5.69 Å². The second-order valence-corrected chi connectivity index (χ2v) is 5.36. The fourth-order valence-corrected chi connectivity index (χ4v) is 2.64. The molecule has 1 aromatic heterocycles. The minimum Gasteiger partial charge on any atom is -0.379 e. The van der Waals surface area contributed by atoms with E-state index in [-0.39, 0.29) is 0 Å². The number of hydrogen-bond acceptors (Lipinski definition) is 2. The minimum absolute atomic E-state index is 0.698. The van der Waals surface area contributed by atoms with Crippen molar-refractivity contribution in [2.45, 2.75) is 47.2 Å². The maximum Gasteiger partial charge on any atom is 0.0868 e. The second-order valence-electron chi connectivity index (χ2n) is 4.98. The van der Waals surface area contributed by atoms with E-state index in [2.05, 4.69) is 56.3 Å². The van der Waals surface area contributed by atoms with Crippen molar-refractivity contribution in [2.24, 2.45) is 0 Å². The molecule has 1 N–H and O–H groups in total. The molecule has 0 atom stereocenters. The Morgan fingerprint density at radius 3 is 2.65 bits per heavy atom. The zero-order chi connectivity index (χ0) is 14.7. The number of anilines is 1. The van der Waals surface area contributed by atoms with E-state index in [0.29, 0.717) is 6.54 Å². The highest BCUT2D eigenvalue weighted by Crippen LogP contribution is 2.24. The molecule has 0 amide bonds. The van der Waals surface area contributed by atoms with Gasteiger partial charge in [-0.05, 0) is 44.4 Å². The van der Waals surface area contributed by atoms with Gasteiger partial charge in [0.2, 0.25) is 0 Å². The zero-order valence-electron chi connectivity index (χ0n) is 12.6. The summed E-state index contributed by atoms with van der Waals surface area (Å²) in [5.74, 6) is 0. The van der Waals surface area contributed by atoms with Crippen molar-refractivity contribution in [3.63, 3.8) is 0 Å². The average molecular weight is 292 g/mol. The molecule has 0 aliphatic heterocycles. The van der Waals surface area contributed by atoms with Crippen molar-refractivity contribution in [3.8, 4) is 0 Å². The summed E-state index contributed by atoms with van der Waals surface area (Å²) in [6.45, 7) is 9.96. The van der Waals surface area contributed by atoms with Gasteiger partial charge in [0.05, 0.1) is 23.0 Å². The quantitative estimate of drug-likeness (QED) is 0.887. The molecule has 0 spiro atoms. The van der Waals surface area contributed by atoms with Gasteiger partial charge in [-0.25, -0.2) is 0 Å². The largest absolute Gasteiger partial charge is 0.379 e. The molecule has 0 fully saturated rings. The van der Waals surface area contributed by atoms with Crippen LogP contribution in [0, 0.1) is 13.8 Å². The molecule has 4 heteroatoms. The van der Waals surface area contributed by atoms with E-state index in [0.717, 1.165) is 35.1 Å². The van der Waals surface area contributed by atoms with Gasteiger partial charge in [-0.15, -0.1) is 0 Å². The van der Waals surface area contributed by atoms with Gasteiger partial charge < -0.3 is 5.32 Å². The molecule has 1 aromatic carbocycles. The normalized spacial score (nSPS) is 10.8. The van der Waals surface area contributed by atoms with Gasteiger partial charge >= 0.3 is 0 Å². The molecule has 0 bridgehead atoms. The highest BCUT2D eigenvalue weighted by Gasteiger charge is 2.14. The minimum atomic E-state index is 0.698. The van der Waals surface area contributed by atoms with E-state index in [1.807, 2.05) is 4.68 Å². The van der Waals surface area contributed by atoms with E-state index >= 15 is 0 Å². The van der Waals surface area contributed by atoms with Crippen molar-refractivity contribution < 1.29 is 0 Å². The Balaban J connectivity index is 2.22. The lowest BCUT2D eigenvalue weighted by molar-refractivity contribution is 0.619. The standard InChI is InChI=1S/C16H22ClN3/c1-5-13-16(17)15(20(6-2)19-13)10-18-14-9-7-8-11(3)12(14)4/h7-9,18H,5-6,10H2,1-4H3. The first-order valence-corrected chi connectivity index (χ1v) is 7.50. The fraction of sp³-hybridized carbons (Fsp3) is 0.438. The molecule has 3 nitrogen and oxygen atoms in total. The van der Waals surface area contributed by atoms with E-state index < -0.39 is 0 Å². The summed E-state index contributed by atoms with van der Waals surface area (Å²) in [6.07, 6.45) is 0.863. The van der Waals surface area contributed by atoms with Crippen LogP contribution in [-0.4, -0.2) is 9.78 Å². The first-order valence-electron chi connectivity index (χ1n) is 7.12. The maximum absolute atomic E-state index is 6.42. The second kappa shape index (κ2) is 6.31. The summed E-state index contributed by atoms with van der Waals surface area (Å²) >= 11 is 6.42. The molecule has 0 saturated heterocycles. The fourth-order valence-electron chi connectivity index (χ4n) is 2.31. The van der Waals surface area contributed by atoms with Crippen LogP contribution in [0.3, 0.4) is 0 Å². The van der Waals surface area contributed by atoms with Gasteiger partial charge in [-0.1, -0.05) is 30.7 Å². The number of nitrogens with zero attached hydrogens (tertiary/aromatic N) is 2. The van der Waals surface area contributed by atoms with Crippen molar-refractivity contribution >= 4 is 17.3 Å². The molecule has 108 valence electrons. The van der Waals surface area contributed by atoms with Crippen LogP contribution in [0.25, 0.3) is 0 Å². The Bertz CT molecular complexity index is 602. The summed E-state index contributed by atoms with van der Waals surface area (Å²) in [5, 5.41) is 8.82. The van der Waals surface area contributed by atoms with Crippen LogP contribution in [0.2, 0.25) is 5.02 Å². The Morgan fingerprint density at radius 1 is 1.25 bits per heavy atom. The third-order valence-electron chi connectivity index (χ3n) is 3.75. The number of rotatable bonds is 5. The van der Waals surface area contributed by atoms with E-state index in [1.165, 1.54) is 11.1 Å². The summed E-state index contributed by atoms with van der Waals surface area (Å²) < 4.78 is 1.99. The van der Waals surface area contributed by atoms with E-state index in [9.17, 15) is 0 Å². The van der Waals surface area contributed by atoms with Crippen LogP contribution < -0.4 is 5.32 Å². The van der Waals surface area contributed by atoms with Crippen molar-refractivity contribution in [2.75, 3.05) is 5.32 Å². The molecule has 0 aliphatic carbocycles. The summed E-state index contributed by atoms with van der Waals surface area (Å²) in [5.41, 5.74) is 5.77. The molecular formula is C16H22ClN3. The monoisotopic (exact) mass is 291 g/mol. The van der Waals surface area contributed by atoms with Crippen LogP contribution in [0.15, 0.2) is 18.2 Å². The zero-order valence-corrected chi connectivity index (χ0v) is 13.4. The molecule has 0 saturated carbocycles. The third-order valence-corrected chi connectivity index (χ3v) is 4.18. The Morgan fingerprint density at radius 2 is 2.00 bits per heavy atom. The van der Waals surface area contributed by atoms with Crippen LogP contribution >= 0.6 is 11.6 Å². The van der Waals surface area contributed by atoms with Gasteiger partial charge in [-0.3, -0.25) is 4.68 Å². The molecule has 0 radical (unpaired) electrons. The first kappa shape index (κ1) is 14.9. The predicted octanol–water partition coefficient (Wildman–Crippen LogP) is 4.35. The van der Waals surface area contributed by atoms with Gasteiger partial charge in [0.1, 0.15) is 0 Å². The Hall–Kier alpha value is -1.48. The third kappa shape index (κ3) is 2.83. The van der Waals surface area contributed by atoms with Crippen LogP contribution in [0.5, 0.6) is 0 Å². The lowest BCUT2D eigenvalue weighted by Gasteiger charge is -2.12. The Labute approximate surface area is 126 Å². The summed E-state index contributed by atoms with van der Waals surface area (Å²) in [4.78, 5) is 0. The predicted molar refractivity (Wildman–Crippen MR) is 85.5 cm³/mol. The van der Waals surface area contributed by atoms with Crippen LogP contribution in [0.1, 0.15) is 36.4 Å². The van der Waals surface area contributed by atoms with E-state index in [4.69, 9.17) is 11.6 Å². The van der Waals surface area contributed by atoms with Crippen molar-refractivity contribution in [1.29, 1.82) is 0 Å². The average Bonchev–Trinajstić information content (AvgIpc) is 2.76. The topological polar surface area (TPSA) is 29.9 Å².